The van der Waals surface area contributed by atoms with Crippen molar-refractivity contribution in [1.82, 2.24) is 15.1 Å². The average molecular weight is 508 g/mol. The second-order valence-electron chi connectivity index (χ2n) is 6.26. The number of thioether (sulfide) groups is 1. The standard InChI is InChI=1S/C19H32N4O2S.HI/c1-20-19(21-8-5-13-26-4)23-11-9-22(10-12-23)15-16-14-17(24-2)6-7-18(16)25-3;/h6-7,14H,5,8-13,15H2,1-4H3,(H,20,21);1H. The molecule has 6 nitrogen and oxygen atoms in total. The Morgan fingerprint density at radius 1 is 1.19 bits per heavy atom. The fourth-order valence-electron chi connectivity index (χ4n) is 3.11. The maximum atomic E-state index is 5.50. The highest BCUT2D eigenvalue weighted by Crippen LogP contribution is 2.25. The summed E-state index contributed by atoms with van der Waals surface area (Å²) >= 11 is 1.88. The van der Waals surface area contributed by atoms with Crippen molar-refractivity contribution >= 4 is 41.7 Å². The van der Waals surface area contributed by atoms with Gasteiger partial charge in [0.05, 0.1) is 14.2 Å². The van der Waals surface area contributed by atoms with Crippen molar-refractivity contribution in [3.05, 3.63) is 23.8 Å². The first-order chi connectivity index (χ1) is 12.7. The summed E-state index contributed by atoms with van der Waals surface area (Å²) in [6, 6.07) is 5.98. The van der Waals surface area contributed by atoms with E-state index in [1.54, 1.807) is 14.2 Å². The lowest BCUT2D eigenvalue weighted by atomic mass is 10.1. The van der Waals surface area contributed by atoms with Gasteiger partial charge in [-0.3, -0.25) is 9.89 Å². The van der Waals surface area contributed by atoms with Crippen molar-refractivity contribution in [1.29, 1.82) is 0 Å². The fraction of sp³-hybridized carbons (Fsp3) is 0.632. The van der Waals surface area contributed by atoms with Crippen molar-refractivity contribution < 1.29 is 9.47 Å². The van der Waals surface area contributed by atoms with Crippen LogP contribution in [0.3, 0.4) is 0 Å². The first kappa shape index (κ1) is 24.2. The number of rotatable bonds is 8. The number of nitrogens with zero attached hydrogens (tertiary/aromatic N) is 3. The zero-order valence-electron chi connectivity index (χ0n) is 16.9. The number of ether oxygens (including phenoxy) is 2. The van der Waals surface area contributed by atoms with Crippen molar-refractivity contribution in [3.8, 4) is 11.5 Å². The van der Waals surface area contributed by atoms with Crippen molar-refractivity contribution in [3.63, 3.8) is 0 Å². The maximum Gasteiger partial charge on any atom is 0.193 e. The lowest BCUT2D eigenvalue weighted by Crippen LogP contribution is -2.52. The van der Waals surface area contributed by atoms with E-state index in [1.807, 2.05) is 30.9 Å². The summed E-state index contributed by atoms with van der Waals surface area (Å²) in [5, 5.41) is 3.48. The van der Waals surface area contributed by atoms with E-state index in [1.165, 1.54) is 11.3 Å². The first-order valence-electron chi connectivity index (χ1n) is 9.09. The predicted octanol–water partition coefficient (Wildman–Crippen LogP) is 2.77. The summed E-state index contributed by atoms with van der Waals surface area (Å²) in [7, 11) is 5.28. The third kappa shape index (κ3) is 7.57. The Labute approximate surface area is 185 Å². The molecular weight excluding hydrogens is 475 g/mol. The third-order valence-corrected chi connectivity index (χ3v) is 5.27. The van der Waals surface area contributed by atoms with Crippen LogP contribution in [0.15, 0.2) is 23.2 Å². The second-order valence-corrected chi connectivity index (χ2v) is 7.25. The van der Waals surface area contributed by atoms with E-state index >= 15 is 0 Å². The maximum absolute atomic E-state index is 5.50. The molecule has 0 radical (unpaired) electrons. The monoisotopic (exact) mass is 508 g/mol. The molecule has 1 saturated heterocycles. The van der Waals surface area contributed by atoms with Crippen LogP contribution in [0, 0.1) is 0 Å². The Hall–Kier alpha value is -0.870. The van der Waals surface area contributed by atoms with Gasteiger partial charge in [-0.2, -0.15) is 11.8 Å². The van der Waals surface area contributed by atoms with Gasteiger partial charge in [-0.25, -0.2) is 0 Å². The number of aliphatic imine (C=N–C) groups is 1. The minimum atomic E-state index is 0. The second kappa shape index (κ2) is 13.3. The van der Waals surface area contributed by atoms with Crippen LogP contribution >= 0.6 is 35.7 Å². The molecule has 0 saturated carbocycles. The van der Waals surface area contributed by atoms with Gasteiger partial charge >= 0.3 is 0 Å². The van der Waals surface area contributed by atoms with Gasteiger partial charge < -0.3 is 19.7 Å². The van der Waals surface area contributed by atoms with Crippen LogP contribution in [-0.2, 0) is 6.54 Å². The SMILES string of the molecule is CN=C(NCCCSC)N1CCN(Cc2cc(OC)ccc2OC)CC1.I. The van der Waals surface area contributed by atoms with Crippen LogP contribution in [0.25, 0.3) is 0 Å². The summed E-state index contributed by atoms with van der Waals surface area (Å²) in [5.41, 5.74) is 1.17. The Kier molecular flexibility index (Phi) is 11.9. The fourth-order valence-corrected chi connectivity index (χ4v) is 3.55. The van der Waals surface area contributed by atoms with E-state index in [0.29, 0.717) is 0 Å². The summed E-state index contributed by atoms with van der Waals surface area (Å²) in [5.74, 6) is 3.98. The zero-order chi connectivity index (χ0) is 18.8. The Bertz CT molecular complexity index is 581. The number of nitrogens with one attached hydrogen (secondary N) is 1. The molecule has 0 aliphatic carbocycles. The van der Waals surface area contributed by atoms with E-state index in [0.717, 1.165) is 63.1 Å². The lowest BCUT2D eigenvalue weighted by molar-refractivity contribution is 0.171. The minimum Gasteiger partial charge on any atom is -0.497 e. The van der Waals surface area contributed by atoms with Crippen LogP contribution in [-0.4, -0.2) is 81.8 Å². The molecule has 0 spiro atoms. The molecule has 1 fully saturated rings. The molecule has 1 aliphatic heterocycles. The van der Waals surface area contributed by atoms with Gasteiger partial charge in [-0.1, -0.05) is 0 Å². The Morgan fingerprint density at radius 3 is 2.52 bits per heavy atom. The third-order valence-electron chi connectivity index (χ3n) is 4.57. The number of hydrogen-bond acceptors (Lipinski definition) is 5. The van der Waals surface area contributed by atoms with E-state index in [-0.39, 0.29) is 24.0 Å². The highest BCUT2D eigenvalue weighted by Gasteiger charge is 2.20. The summed E-state index contributed by atoms with van der Waals surface area (Å²) in [6.45, 7) is 5.82. The lowest BCUT2D eigenvalue weighted by Gasteiger charge is -2.36. The van der Waals surface area contributed by atoms with E-state index < -0.39 is 0 Å². The molecule has 0 amide bonds. The van der Waals surface area contributed by atoms with Crippen LogP contribution in [0.5, 0.6) is 11.5 Å². The largest absolute Gasteiger partial charge is 0.497 e. The molecule has 0 bridgehead atoms. The van der Waals surface area contributed by atoms with Gasteiger partial charge in [0, 0.05) is 51.9 Å². The number of hydrogen-bond donors (Lipinski definition) is 1. The van der Waals surface area contributed by atoms with Crippen LogP contribution < -0.4 is 14.8 Å². The first-order valence-corrected chi connectivity index (χ1v) is 10.5. The Balaban J connectivity index is 0.00000364. The zero-order valence-corrected chi connectivity index (χ0v) is 20.0. The highest BCUT2D eigenvalue weighted by molar-refractivity contribution is 14.0. The molecule has 0 atom stereocenters. The number of piperazine rings is 1. The molecule has 1 N–H and O–H groups in total. The van der Waals surface area contributed by atoms with Gasteiger partial charge in [-0.05, 0) is 36.6 Å². The molecule has 8 heteroatoms. The van der Waals surface area contributed by atoms with Crippen LogP contribution in [0.1, 0.15) is 12.0 Å². The Morgan fingerprint density at radius 2 is 1.93 bits per heavy atom. The van der Waals surface area contributed by atoms with Gasteiger partial charge in [-0.15, -0.1) is 24.0 Å². The molecule has 1 aromatic rings. The average Bonchev–Trinajstić information content (AvgIpc) is 2.69. The molecule has 27 heavy (non-hydrogen) atoms. The molecule has 1 aromatic carbocycles. The summed E-state index contributed by atoms with van der Waals surface area (Å²) in [6.07, 6.45) is 3.31. The van der Waals surface area contributed by atoms with Crippen molar-refractivity contribution in [2.75, 3.05) is 66.0 Å². The summed E-state index contributed by atoms with van der Waals surface area (Å²) < 4.78 is 10.9. The van der Waals surface area contributed by atoms with Gasteiger partial charge in [0.1, 0.15) is 11.5 Å². The van der Waals surface area contributed by atoms with E-state index in [9.17, 15) is 0 Å². The molecule has 1 aliphatic rings. The van der Waals surface area contributed by atoms with E-state index in [4.69, 9.17) is 9.47 Å². The van der Waals surface area contributed by atoms with Crippen molar-refractivity contribution in [2.45, 2.75) is 13.0 Å². The highest BCUT2D eigenvalue weighted by atomic mass is 127. The molecule has 0 aromatic heterocycles. The van der Waals surface area contributed by atoms with Gasteiger partial charge in [0.2, 0.25) is 0 Å². The number of benzene rings is 1. The normalized spacial score (nSPS) is 15.3. The predicted molar refractivity (Wildman–Crippen MR) is 126 cm³/mol. The molecule has 2 rings (SSSR count). The number of methoxy groups -OCH3 is 2. The number of halogens is 1. The van der Waals surface area contributed by atoms with Crippen LogP contribution in [0.4, 0.5) is 0 Å². The van der Waals surface area contributed by atoms with E-state index in [2.05, 4.69) is 32.4 Å². The van der Waals surface area contributed by atoms with Crippen LogP contribution in [0.2, 0.25) is 0 Å². The van der Waals surface area contributed by atoms with Crippen molar-refractivity contribution in [2.24, 2.45) is 4.99 Å². The van der Waals surface area contributed by atoms with Gasteiger partial charge in [0.15, 0.2) is 5.96 Å². The topological polar surface area (TPSA) is 49.3 Å². The smallest absolute Gasteiger partial charge is 0.193 e. The molecule has 1 heterocycles. The quantitative estimate of drug-likeness (QED) is 0.252. The molecule has 154 valence electrons. The minimum absolute atomic E-state index is 0. The summed E-state index contributed by atoms with van der Waals surface area (Å²) in [4.78, 5) is 9.24. The molecule has 0 unspecified atom stereocenters. The molecular formula is C19H33IN4O2S. The number of guanidine groups is 1. The van der Waals surface area contributed by atoms with Gasteiger partial charge in [0.25, 0.3) is 0 Å².